The van der Waals surface area contributed by atoms with Crippen molar-refractivity contribution in [3.8, 4) is 46.8 Å². The Bertz CT molecular complexity index is 2850. The Morgan fingerprint density at radius 3 is 1.05 bits per heavy atom. The van der Waals surface area contributed by atoms with Crippen LogP contribution in [0.25, 0.3) is 12.2 Å². The number of anilines is 4. The summed E-state index contributed by atoms with van der Waals surface area (Å²) in [7, 11) is -10.2. The summed E-state index contributed by atoms with van der Waals surface area (Å²) in [5, 5.41) is 5.93. The molecular weight excluding hydrogens is 907 g/mol. The van der Waals surface area contributed by atoms with Gasteiger partial charge in [0.2, 0.25) is 11.8 Å². The third-order valence-electron chi connectivity index (χ3n) is 8.75. The van der Waals surface area contributed by atoms with Crippen LogP contribution in [0.15, 0.2) is 180 Å². The Morgan fingerprint density at radius 2 is 0.727 bits per heavy atom. The van der Waals surface area contributed by atoms with E-state index in [-0.39, 0.29) is 117 Å². The van der Waals surface area contributed by atoms with Gasteiger partial charge in [-0.3, -0.25) is 0 Å². The number of nitrogens with one attached hydrogen (secondary N) is 2. The minimum absolute atomic E-state index is 0. The molecule has 0 fully saturated rings. The van der Waals surface area contributed by atoms with Gasteiger partial charge in [-0.05, 0) is 83.9 Å². The smallest absolute Gasteiger partial charge is 0.744 e. The summed E-state index contributed by atoms with van der Waals surface area (Å²) in [6, 6.07) is 45.7. The van der Waals surface area contributed by atoms with Crippen LogP contribution in [0.4, 0.5) is 23.0 Å². The minimum atomic E-state index is -5.12. The number of hydrogen-bond acceptors (Lipinski definition) is 16. The standard InChI is InChI=1S/C46H34N6O10S2.2Na/c53-63(54,55)39-27-33(47-41-29-43(59-35-13-5-1-6-14-35)51-45(49-41)61-37-17-9-3-10-18-37)25-23-31(39)21-22-32-24-26-34(28-40(32)64(56,57)58)48-42-30-44(60-36-15-7-2-8-16-36)52-46(50-42)62-38-19-11-4-12-20-38;;/h1-30H,(H,47,49,51)(H,48,50,52)(H,53,54,55)(H,56,57,58);;/q;2*+1/p-2. The molecule has 0 saturated carbocycles. The van der Waals surface area contributed by atoms with Crippen LogP contribution in [0.5, 0.6) is 46.8 Å². The average Bonchev–Trinajstić information content (AvgIpc) is 3.27. The van der Waals surface area contributed by atoms with E-state index in [4.69, 9.17) is 18.9 Å². The van der Waals surface area contributed by atoms with Gasteiger partial charge in [0.25, 0.3) is 0 Å². The van der Waals surface area contributed by atoms with Crippen molar-refractivity contribution in [2.24, 2.45) is 0 Å². The fraction of sp³-hybridized carbons (Fsp3) is 0. The molecule has 0 atom stereocenters. The van der Waals surface area contributed by atoms with Crippen LogP contribution in [0, 0.1) is 0 Å². The van der Waals surface area contributed by atoms with Crippen molar-refractivity contribution in [3.05, 3.63) is 181 Å². The number of benzene rings is 6. The predicted octanol–water partition coefficient (Wildman–Crippen LogP) is 3.91. The fourth-order valence-corrected chi connectivity index (χ4v) is 7.34. The molecule has 320 valence electrons. The molecule has 0 radical (unpaired) electrons. The molecule has 0 spiro atoms. The second kappa shape index (κ2) is 22.4. The summed E-state index contributed by atoms with van der Waals surface area (Å²) >= 11 is 0. The molecule has 0 aliphatic carbocycles. The normalized spacial score (nSPS) is 11.1. The molecule has 2 heterocycles. The van der Waals surface area contributed by atoms with Gasteiger partial charge in [0.05, 0.1) is 9.79 Å². The van der Waals surface area contributed by atoms with Crippen LogP contribution in [-0.4, -0.2) is 45.9 Å². The maximum atomic E-state index is 12.6. The van der Waals surface area contributed by atoms with Gasteiger partial charge in [0.1, 0.15) is 54.9 Å². The molecule has 0 unspecified atom stereocenters. The Hall–Kier alpha value is -6.16. The van der Waals surface area contributed by atoms with Crippen molar-refractivity contribution in [1.29, 1.82) is 0 Å². The first-order valence-corrected chi connectivity index (χ1v) is 21.8. The number of aromatic nitrogens is 4. The number of rotatable bonds is 16. The molecule has 0 aliphatic rings. The molecule has 6 aromatic carbocycles. The summed E-state index contributed by atoms with van der Waals surface area (Å²) in [6.45, 7) is 0. The van der Waals surface area contributed by atoms with E-state index in [9.17, 15) is 25.9 Å². The first kappa shape index (κ1) is 49.3. The number of ether oxygens (including phenoxy) is 4. The fourth-order valence-electron chi connectivity index (χ4n) is 5.95. The topological polar surface area (TPSA) is 227 Å². The van der Waals surface area contributed by atoms with Crippen molar-refractivity contribution >= 4 is 55.4 Å². The quantitative estimate of drug-likeness (QED) is 0.0796. The summed E-state index contributed by atoms with van der Waals surface area (Å²) in [5.74, 6) is 2.29. The van der Waals surface area contributed by atoms with Gasteiger partial charge in [0.15, 0.2) is 0 Å². The van der Waals surface area contributed by atoms with Gasteiger partial charge in [0, 0.05) is 23.5 Å². The largest absolute Gasteiger partial charge is 1.00 e. The Kier molecular flexibility index (Phi) is 16.7. The molecule has 0 aliphatic heterocycles. The van der Waals surface area contributed by atoms with E-state index in [0.29, 0.717) is 23.0 Å². The van der Waals surface area contributed by atoms with Crippen LogP contribution in [0.1, 0.15) is 11.1 Å². The van der Waals surface area contributed by atoms with Gasteiger partial charge in [-0.1, -0.05) is 97.1 Å². The minimum Gasteiger partial charge on any atom is -0.744 e. The molecule has 2 aromatic heterocycles. The predicted molar refractivity (Wildman–Crippen MR) is 234 cm³/mol. The molecule has 66 heavy (non-hydrogen) atoms. The molecule has 0 amide bonds. The number of nitrogens with zero attached hydrogens (tertiary/aromatic N) is 4. The summed E-state index contributed by atoms with van der Waals surface area (Å²) in [6.07, 6.45) is 2.41. The zero-order valence-electron chi connectivity index (χ0n) is 35.0. The molecule has 8 rings (SSSR count). The van der Waals surface area contributed by atoms with Gasteiger partial charge < -0.3 is 38.7 Å². The maximum absolute atomic E-state index is 12.6. The number of para-hydroxylation sites is 4. The first-order chi connectivity index (χ1) is 30.9. The van der Waals surface area contributed by atoms with Crippen molar-refractivity contribution in [2.45, 2.75) is 9.79 Å². The van der Waals surface area contributed by atoms with E-state index in [1.165, 1.54) is 48.6 Å². The van der Waals surface area contributed by atoms with E-state index < -0.39 is 30.0 Å². The zero-order valence-corrected chi connectivity index (χ0v) is 40.6. The average molecular weight is 939 g/mol. The third kappa shape index (κ3) is 13.7. The van der Waals surface area contributed by atoms with E-state index in [1.54, 1.807) is 97.1 Å². The molecule has 0 bridgehead atoms. The van der Waals surface area contributed by atoms with Crippen molar-refractivity contribution in [2.75, 3.05) is 10.6 Å². The molecule has 16 nitrogen and oxygen atoms in total. The van der Waals surface area contributed by atoms with Gasteiger partial charge >= 0.3 is 71.1 Å². The monoisotopic (exact) mass is 938 g/mol. The Morgan fingerprint density at radius 1 is 0.409 bits per heavy atom. The van der Waals surface area contributed by atoms with Crippen LogP contribution in [0.2, 0.25) is 0 Å². The van der Waals surface area contributed by atoms with Crippen LogP contribution < -0.4 is 88.7 Å². The first-order valence-electron chi connectivity index (χ1n) is 19.0. The summed E-state index contributed by atoms with van der Waals surface area (Å²) in [4.78, 5) is 16.1. The second-order valence-electron chi connectivity index (χ2n) is 13.4. The van der Waals surface area contributed by atoms with E-state index in [1.807, 2.05) is 24.3 Å². The molecular formula is C46H32N6Na2O10S2. The SMILES string of the molecule is O=S(=O)([O-])c1cc(Nc2cc(Oc3ccccc3)nc(Oc3ccccc3)n2)ccc1C=Cc1ccc(Nc2cc(Oc3ccccc3)nc(Oc3ccccc3)n2)cc1S(=O)(=O)[O-].[Na+].[Na+]. The van der Waals surface area contributed by atoms with E-state index >= 15 is 0 Å². The molecule has 2 N–H and O–H groups in total. The summed E-state index contributed by atoms with van der Waals surface area (Å²) in [5.41, 5.74) is 0.0796. The van der Waals surface area contributed by atoms with Crippen LogP contribution in [0.3, 0.4) is 0 Å². The molecule has 0 saturated heterocycles. The van der Waals surface area contributed by atoms with Crippen molar-refractivity contribution < 1.29 is 104 Å². The maximum Gasteiger partial charge on any atom is 1.00 e. The van der Waals surface area contributed by atoms with E-state index in [2.05, 4.69) is 30.6 Å². The van der Waals surface area contributed by atoms with Gasteiger partial charge in [-0.25, -0.2) is 16.8 Å². The van der Waals surface area contributed by atoms with E-state index in [0.717, 1.165) is 12.1 Å². The Balaban J connectivity index is 0.00000360. The van der Waals surface area contributed by atoms with Gasteiger partial charge in [-0.15, -0.1) is 0 Å². The van der Waals surface area contributed by atoms with Gasteiger partial charge in [-0.2, -0.15) is 19.9 Å². The van der Waals surface area contributed by atoms with Crippen molar-refractivity contribution in [3.63, 3.8) is 0 Å². The second-order valence-corrected chi connectivity index (χ2v) is 16.1. The summed E-state index contributed by atoms with van der Waals surface area (Å²) < 4.78 is 99.2. The van der Waals surface area contributed by atoms with Crippen LogP contribution >= 0.6 is 0 Å². The molecule has 20 heteroatoms. The van der Waals surface area contributed by atoms with Crippen LogP contribution in [-0.2, 0) is 20.2 Å². The molecule has 8 aromatic rings. The van der Waals surface area contributed by atoms with Crippen molar-refractivity contribution in [1.82, 2.24) is 19.9 Å². The number of hydrogen-bond donors (Lipinski definition) is 2. The zero-order chi connectivity index (χ0) is 44.5. The Labute approximate surface area is 423 Å². The third-order valence-corrected chi connectivity index (χ3v) is 10.5.